The zero-order chi connectivity index (χ0) is 26.2. The van der Waals surface area contributed by atoms with Gasteiger partial charge in [0, 0.05) is 28.9 Å². The van der Waals surface area contributed by atoms with E-state index in [1.54, 1.807) is 42.0 Å². The maximum atomic E-state index is 13.9. The fourth-order valence-corrected chi connectivity index (χ4v) is 4.30. The van der Waals surface area contributed by atoms with Crippen LogP contribution in [0.3, 0.4) is 0 Å². The Morgan fingerprint density at radius 3 is 2.71 bits per heavy atom. The van der Waals surface area contributed by atoms with Gasteiger partial charge in [-0.25, -0.2) is 9.37 Å². The Bertz CT molecular complexity index is 1810. The van der Waals surface area contributed by atoms with Crippen molar-refractivity contribution < 1.29 is 9.18 Å². The molecule has 0 saturated heterocycles. The number of rotatable bonds is 6. The number of anilines is 1. The number of benzene rings is 1. The lowest BCUT2D eigenvalue weighted by molar-refractivity contribution is -0.116. The van der Waals surface area contributed by atoms with Crippen LogP contribution in [0.2, 0.25) is 0 Å². The average Bonchev–Trinajstić information content (AvgIpc) is 3.52. The first kappa shape index (κ1) is 23.4. The Kier molecular flexibility index (Phi) is 5.81. The van der Waals surface area contributed by atoms with Crippen LogP contribution in [0.25, 0.3) is 55.8 Å². The molecule has 3 N–H and O–H groups in total. The third-order valence-electron chi connectivity index (χ3n) is 5.98. The van der Waals surface area contributed by atoms with Crippen molar-refractivity contribution in [2.75, 3.05) is 26.0 Å². The fourth-order valence-electron chi connectivity index (χ4n) is 4.30. The molecule has 0 spiro atoms. The van der Waals surface area contributed by atoms with Gasteiger partial charge < -0.3 is 15.2 Å². The second kappa shape index (κ2) is 9.45. The highest BCUT2D eigenvalue weighted by molar-refractivity contribution is 5.97. The highest BCUT2D eigenvalue weighted by atomic mass is 19.1. The zero-order valence-electron chi connectivity index (χ0n) is 20.5. The third kappa shape index (κ3) is 4.46. The summed E-state index contributed by atoms with van der Waals surface area (Å²) in [5.74, 6) is 0.0766. The molecule has 0 bridgehead atoms. The van der Waals surface area contributed by atoms with Crippen LogP contribution in [0, 0.1) is 5.82 Å². The molecule has 0 aliphatic heterocycles. The van der Waals surface area contributed by atoms with E-state index in [-0.39, 0.29) is 18.3 Å². The van der Waals surface area contributed by atoms with Crippen LogP contribution in [-0.2, 0) is 4.79 Å². The quantitative estimate of drug-likeness (QED) is 0.307. The van der Waals surface area contributed by atoms with E-state index >= 15 is 0 Å². The number of fused-ring (bicyclic) bond motifs is 2. The van der Waals surface area contributed by atoms with Gasteiger partial charge >= 0.3 is 0 Å². The van der Waals surface area contributed by atoms with E-state index in [9.17, 15) is 9.18 Å². The van der Waals surface area contributed by atoms with Crippen molar-refractivity contribution in [3.63, 3.8) is 0 Å². The van der Waals surface area contributed by atoms with Gasteiger partial charge in [0.25, 0.3) is 0 Å². The minimum atomic E-state index is -0.329. The standard InChI is InChI=1S/C27H22FN9O/c1-37(2)14-24(38)32-18-7-16(9-29-10-18)21-8-19-22(13-31-21)35-36-26(19)27-33-23-12-30-11-20(25(23)34-27)15-4-3-5-17(28)6-15/h3-13H,14H2,1-2H3,(H,32,38)(H,33,34)(H,35,36). The number of amides is 1. The smallest absolute Gasteiger partial charge is 0.238 e. The van der Waals surface area contributed by atoms with E-state index in [0.29, 0.717) is 45.1 Å². The van der Waals surface area contributed by atoms with Gasteiger partial charge in [0.15, 0.2) is 5.82 Å². The van der Waals surface area contributed by atoms with Crippen LogP contribution in [-0.4, -0.2) is 66.6 Å². The number of carbonyl (C=O) groups is 1. The van der Waals surface area contributed by atoms with Crippen molar-refractivity contribution in [3.8, 4) is 33.9 Å². The van der Waals surface area contributed by atoms with Crippen molar-refractivity contribution in [1.82, 2.24) is 40.0 Å². The fraction of sp³-hybridized carbons (Fsp3) is 0.111. The number of carbonyl (C=O) groups excluding carboxylic acids is 1. The molecule has 0 radical (unpaired) electrons. The molecule has 0 unspecified atom stereocenters. The normalized spacial score (nSPS) is 11.5. The van der Waals surface area contributed by atoms with Crippen LogP contribution in [0.4, 0.5) is 10.1 Å². The van der Waals surface area contributed by atoms with Crippen LogP contribution in [0.15, 0.2) is 67.4 Å². The number of imidazole rings is 1. The lowest BCUT2D eigenvalue weighted by atomic mass is 10.1. The van der Waals surface area contributed by atoms with E-state index in [1.807, 2.05) is 32.3 Å². The Labute approximate surface area is 216 Å². The van der Waals surface area contributed by atoms with Gasteiger partial charge in [-0.05, 0) is 43.9 Å². The van der Waals surface area contributed by atoms with Crippen molar-refractivity contribution >= 4 is 33.5 Å². The molecule has 38 heavy (non-hydrogen) atoms. The SMILES string of the molecule is CN(C)CC(=O)Nc1cncc(-c2cc3c(-c4nc5c(-c6cccc(F)c6)cncc5[nH]4)n[nH]c3cn2)c1. The van der Waals surface area contributed by atoms with E-state index in [1.165, 1.54) is 12.1 Å². The molecule has 5 aromatic heterocycles. The number of nitrogens with zero attached hydrogens (tertiary/aromatic N) is 6. The molecule has 1 amide bonds. The van der Waals surface area contributed by atoms with Crippen LogP contribution in [0.5, 0.6) is 0 Å². The van der Waals surface area contributed by atoms with E-state index in [0.717, 1.165) is 16.5 Å². The summed E-state index contributed by atoms with van der Waals surface area (Å²) in [5.41, 5.74) is 6.09. The number of aromatic nitrogens is 7. The van der Waals surface area contributed by atoms with Crippen molar-refractivity contribution in [2.24, 2.45) is 0 Å². The molecule has 0 saturated carbocycles. The third-order valence-corrected chi connectivity index (χ3v) is 5.98. The highest BCUT2D eigenvalue weighted by Crippen LogP contribution is 2.32. The first-order chi connectivity index (χ1) is 18.4. The van der Waals surface area contributed by atoms with Crippen molar-refractivity contribution in [1.29, 1.82) is 0 Å². The van der Waals surface area contributed by atoms with Gasteiger partial charge in [-0.2, -0.15) is 5.10 Å². The van der Waals surface area contributed by atoms with Gasteiger partial charge in [0.05, 0.1) is 53.1 Å². The maximum Gasteiger partial charge on any atom is 0.238 e. The molecule has 6 aromatic rings. The molecule has 0 aliphatic rings. The largest absolute Gasteiger partial charge is 0.335 e. The summed E-state index contributed by atoms with van der Waals surface area (Å²) < 4.78 is 13.9. The van der Waals surface area contributed by atoms with E-state index in [2.05, 4.69) is 35.5 Å². The average molecular weight is 508 g/mol. The minimum absolute atomic E-state index is 0.133. The molecule has 11 heteroatoms. The van der Waals surface area contributed by atoms with Crippen LogP contribution < -0.4 is 5.32 Å². The molecule has 0 fully saturated rings. The zero-order valence-corrected chi connectivity index (χ0v) is 20.5. The Morgan fingerprint density at radius 2 is 1.87 bits per heavy atom. The Balaban J connectivity index is 1.38. The topological polar surface area (TPSA) is 128 Å². The highest BCUT2D eigenvalue weighted by Gasteiger charge is 2.17. The summed E-state index contributed by atoms with van der Waals surface area (Å²) in [5, 5.41) is 11.1. The molecule has 0 atom stereocenters. The molecule has 1 aromatic carbocycles. The summed E-state index contributed by atoms with van der Waals surface area (Å²) in [7, 11) is 3.66. The predicted octanol–water partition coefficient (Wildman–Crippen LogP) is 4.26. The van der Waals surface area contributed by atoms with Gasteiger partial charge in [-0.1, -0.05) is 12.1 Å². The molecular weight excluding hydrogens is 485 g/mol. The van der Waals surface area contributed by atoms with Crippen LogP contribution in [0.1, 0.15) is 0 Å². The molecule has 6 rings (SSSR count). The first-order valence-corrected chi connectivity index (χ1v) is 11.8. The lowest BCUT2D eigenvalue weighted by Gasteiger charge is -2.10. The second-order valence-corrected chi connectivity index (χ2v) is 9.11. The van der Waals surface area contributed by atoms with E-state index < -0.39 is 0 Å². The first-order valence-electron chi connectivity index (χ1n) is 11.8. The molecule has 10 nitrogen and oxygen atoms in total. The monoisotopic (exact) mass is 507 g/mol. The molecule has 0 aliphatic carbocycles. The summed E-state index contributed by atoms with van der Waals surface area (Å²) in [6.45, 7) is 0.265. The number of likely N-dealkylation sites (N-methyl/N-ethyl adjacent to an activating group) is 1. The van der Waals surface area contributed by atoms with Gasteiger partial charge in [0.1, 0.15) is 11.5 Å². The Morgan fingerprint density at radius 1 is 1.00 bits per heavy atom. The number of hydrogen-bond donors (Lipinski definition) is 3. The summed E-state index contributed by atoms with van der Waals surface area (Å²) >= 11 is 0. The number of hydrogen-bond acceptors (Lipinski definition) is 7. The summed E-state index contributed by atoms with van der Waals surface area (Å²) in [6.07, 6.45) is 8.33. The van der Waals surface area contributed by atoms with E-state index in [4.69, 9.17) is 4.98 Å². The van der Waals surface area contributed by atoms with Crippen molar-refractivity contribution in [2.45, 2.75) is 0 Å². The number of nitrogens with one attached hydrogen (secondary N) is 3. The predicted molar refractivity (Wildman–Crippen MR) is 143 cm³/mol. The van der Waals surface area contributed by atoms with Crippen LogP contribution >= 0.6 is 0 Å². The second-order valence-electron chi connectivity index (χ2n) is 9.11. The van der Waals surface area contributed by atoms with Crippen molar-refractivity contribution in [3.05, 3.63) is 73.2 Å². The number of pyridine rings is 3. The van der Waals surface area contributed by atoms with Gasteiger partial charge in [-0.15, -0.1) is 0 Å². The lowest BCUT2D eigenvalue weighted by Crippen LogP contribution is -2.27. The summed E-state index contributed by atoms with van der Waals surface area (Å²) in [4.78, 5) is 35.2. The molecular formula is C27H22FN9O. The minimum Gasteiger partial charge on any atom is -0.335 e. The summed E-state index contributed by atoms with van der Waals surface area (Å²) in [6, 6.07) is 10.1. The maximum absolute atomic E-state index is 13.9. The molecule has 5 heterocycles. The van der Waals surface area contributed by atoms with Gasteiger partial charge in [-0.3, -0.25) is 24.8 Å². The Hall–Kier alpha value is -5.03. The number of H-pyrrole nitrogens is 2. The number of halogens is 1. The number of aromatic amines is 2. The molecule has 188 valence electrons. The van der Waals surface area contributed by atoms with Gasteiger partial charge in [0.2, 0.25) is 5.91 Å².